The number of rotatable bonds is 3. The Labute approximate surface area is 119 Å². The Kier molecular flexibility index (Phi) is 4.23. The third-order valence-corrected chi connectivity index (χ3v) is 3.60. The molecule has 0 aliphatic carbocycles. The molecule has 1 atom stereocenters. The van der Waals surface area contributed by atoms with E-state index in [0.717, 1.165) is 31.6 Å². The second-order valence-electron chi connectivity index (χ2n) is 5.28. The van der Waals surface area contributed by atoms with Crippen LogP contribution in [0.5, 0.6) is 0 Å². The van der Waals surface area contributed by atoms with E-state index in [1.54, 1.807) is 0 Å². The zero-order chi connectivity index (χ0) is 14.7. The van der Waals surface area contributed by atoms with Crippen molar-refractivity contribution >= 4 is 11.6 Å². The molecule has 0 bridgehead atoms. The van der Waals surface area contributed by atoms with Crippen molar-refractivity contribution in [2.75, 3.05) is 18.4 Å². The van der Waals surface area contributed by atoms with Gasteiger partial charge >= 0.3 is 0 Å². The fourth-order valence-corrected chi connectivity index (χ4v) is 2.59. The zero-order valence-electron chi connectivity index (χ0n) is 12.2. The van der Waals surface area contributed by atoms with Gasteiger partial charge in [0.1, 0.15) is 12.1 Å². The van der Waals surface area contributed by atoms with Gasteiger partial charge < -0.3 is 10.2 Å². The summed E-state index contributed by atoms with van der Waals surface area (Å²) in [4.78, 5) is 18.4. The maximum atomic E-state index is 12.3. The molecule has 0 radical (unpaired) electrons. The van der Waals surface area contributed by atoms with Crippen LogP contribution in [-0.2, 0) is 4.79 Å². The van der Waals surface area contributed by atoms with Crippen molar-refractivity contribution in [3.63, 3.8) is 0 Å². The SMILES string of the molecule is Cc1cc(NC(C)C(=O)N2CCCC2)c(C#N)c(C)n1. The summed E-state index contributed by atoms with van der Waals surface area (Å²) < 4.78 is 0. The molecule has 5 nitrogen and oxygen atoms in total. The van der Waals surface area contributed by atoms with Gasteiger partial charge in [0.15, 0.2) is 0 Å². The van der Waals surface area contributed by atoms with E-state index in [0.29, 0.717) is 16.9 Å². The largest absolute Gasteiger partial charge is 0.373 e. The summed E-state index contributed by atoms with van der Waals surface area (Å²) in [7, 11) is 0. The molecule has 1 aromatic heterocycles. The van der Waals surface area contributed by atoms with Crippen LogP contribution in [0.4, 0.5) is 5.69 Å². The molecular weight excluding hydrogens is 252 g/mol. The molecule has 5 heteroatoms. The van der Waals surface area contributed by atoms with E-state index in [4.69, 9.17) is 0 Å². The van der Waals surface area contributed by atoms with E-state index in [-0.39, 0.29) is 11.9 Å². The summed E-state index contributed by atoms with van der Waals surface area (Å²) >= 11 is 0. The monoisotopic (exact) mass is 272 g/mol. The zero-order valence-corrected chi connectivity index (χ0v) is 12.2. The van der Waals surface area contributed by atoms with Gasteiger partial charge in [0.25, 0.3) is 0 Å². The molecule has 1 fully saturated rings. The summed E-state index contributed by atoms with van der Waals surface area (Å²) in [5.41, 5.74) is 2.73. The van der Waals surface area contributed by atoms with Gasteiger partial charge in [0, 0.05) is 18.8 Å². The molecule has 1 aromatic rings. The third-order valence-electron chi connectivity index (χ3n) is 3.60. The van der Waals surface area contributed by atoms with Crippen molar-refractivity contribution in [1.82, 2.24) is 9.88 Å². The molecule has 1 saturated heterocycles. The van der Waals surface area contributed by atoms with E-state index in [1.807, 2.05) is 31.7 Å². The minimum absolute atomic E-state index is 0.0958. The van der Waals surface area contributed by atoms with Crippen LogP contribution in [-0.4, -0.2) is 34.9 Å². The van der Waals surface area contributed by atoms with Crippen molar-refractivity contribution in [3.05, 3.63) is 23.0 Å². The maximum absolute atomic E-state index is 12.3. The first-order valence-corrected chi connectivity index (χ1v) is 6.96. The van der Waals surface area contributed by atoms with Crippen molar-refractivity contribution in [2.45, 2.75) is 39.7 Å². The molecule has 20 heavy (non-hydrogen) atoms. The highest BCUT2D eigenvalue weighted by Crippen LogP contribution is 2.20. The summed E-state index contributed by atoms with van der Waals surface area (Å²) in [6.45, 7) is 7.21. The normalized spacial score (nSPS) is 15.8. The number of pyridine rings is 1. The number of amides is 1. The lowest BCUT2D eigenvalue weighted by Gasteiger charge is -2.22. The number of nitrogens with zero attached hydrogens (tertiary/aromatic N) is 3. The fourth-order valence-electron chi connectivity index (χ4n) is 2.59. The number of carbonyl (C=O) groups excluding carboxylic acids is 1. The number of likely N-dealkylation sites (tertiary alicyclic amines) is 1. The van der Waals surface area contributed by atoms with Gasteiger partial charge in [0.05, 0.1) is 16.9 Å². The smallest absolute Gasteiger partial charge is 0.244 e. The van der Waals surface area contributed by atoms with Crippen LogP contribution in [0, 0.1) is 25.2 Å². The topological polar surface area (TPSA) is 69.0 Å². The Morgan fingerprint density at radius 2 is 2.10 bits per heavy atom. The predicted octanol–water partition coefficient (Wildman–Crippen LogP) is 1.99. The number of carbonyl (C=O) groups is 1. The number of nitrogens with one attached hydrogen (secondary N) is 1. The lowest BCUT2D eigenvalue weighted by Crippen LogP contribution is -2.39. The molecule has 2 rings (SSSR count). The molecule has 0 spiro atoms. The molecule has 1 N–H and O–H groups in total. The van der Waals surface area contributed by atoms with Crippen LogP contribution < -0.4 is 5.32 Å². The van der Waals surface area contributed by atoms with Crippen molar-refractivity contribution in [3.8, 4) is 6.07 Å². The van der Waals surface area contributed by atoms with E-state index < -0.39 is 0 Å². The lowest BCUT2D eigenvalue weighted by molar-refractivity contribution is -0.130. The van der Waals surface area contributed by atoms with Gasteiger partial charge in [-0.2, -0.15) is 5.26 Å². The number of hydrogen-bond acceptors (Lipinski definition) is 4. The number of nitriles is 1. The Morgan fingerprint density at radius 3 is 2.70 bits per heavy atom. The first kappa shape index (κ1) is 14.3. The first-order chi connectivity index (χ1) is 9.52. The van der Waals surface area contributed by atoms with E-state index >= 15 is 0 Å². The molecule has 1 unspecified atom stereocenters. The Morgan fingerprint density at radius 1 is 1.45 bits per heavy atom. The van der Waals surface area contributed by atoms with Crippen LogP contribution in [0.2, 0.25) is 0 Å². The molecule has 1 aliphatic heterocycles. The highest BCUT2D eigenvalue weighted by atomic mass is 16.2. The number of aromatic nitrogens is 1. The summed E-state index contributed by atoms with van der Waals surface area (Å²) in [5, 5.41) is 12.4. The van der Waals surface area contributed by atoms with Gasteiger partial charge in [-0.15, -0.1) is 0 Å². The Bertz CT molecular complexity index is 556. The van der Waals surface area contributed by atoms with Crippen LogP contribution in [0.1, 0.15) is 36.7 Å². The van der Waals surface area contributed by atoms with Crippen LogP contribution in [0.25, 0.3) is 0 Å². The summed E-state index contributed by atoms with van der Waals surface area (Å²) in [6.07, 6.45) is 2.16. The van der Waals surface area contributed by atoms with Gasteiger partial charge in [-0.05, 0) is 39.7 Å². The quantitative estimate of drug-likeness (QED) is 0.913. The van der Waals surface area contributed by atoms with Crippen LogP contribution in [0.3, 0.4) is 0 Å². The molecule has 106 valence electrons. The lowest BCUT2D eigenvalue weighted by atomic mass is 10.1. The van der Waals surface area contributed by atoms with E-state index in [2.05, 4.69) is 16.4 Å². The summed E-state index contributed by atoms with van der Waals surface area (Å²) in [6, 6.07) is 3.64. The molecule has 0 saturated carbocycles. The van der Waals surface area contributed by atoms with Gasteiger partial charge in [0.2, 0.25) is 5.91 Å². The Hall–Kier alpha value is -2.09. The second kappa shape index (κ2) is 5.91. The molecule has 2 heterocycles. The summed E-state index contributed by atoms with van der Waals surface area (Å²) in [5.74, 6) is 0.0958. The van der Waals surface area contributed by atoms with Gasteiger partial charge in [-0.1, -0.05) is 0 Å². The van der Waals surface area contributed by atoms with Crippen molar-refractivity contribution in [1.29, 1.82) is 5.26 Å². The first-order valence-electron chi connectivity index (χ1n) is 6.96. The standard InChI is InChI=1S/C15H20N4O/c1-10-8-14(13(9-16)11(2)17-10)18-12(3)15(20)19-6-4-5-7-19/h8,12H,4-7H2,1-3H3,(H,17,18). The van der Waals surface area contributed by atoms with Crippen LogP contribution >= 0.6 is 0 Å². The average Bonchev–Trinajstić information content (AvgIpc) is 2.91. The van der Waals surface area contributed by atoms with E-state index in [9.17, 15) is 10.1 Å². The molecule has 1 aliphatic rings. The molecule has 0 aromatic carbocycles. The maximum Gasteiger partial charge on any atom is 0.244 e. The van der Waals surface area contributed by atoms with Gasteiger partial charge in [-0.3, -0.25) is 9.78 Å². The van der Waals surface area contributed by atoms with Crippen LogP contribution in [0.15, 0.2) is 6.07 Å². The number of hydrogen-bond donors (Lipinski definition) is 1. The average molecular weight is 272 g/mol. The predicted molar refractivity (Wildman–Crippen MR) is 77.3 cm³/mol. The van der Waals surface area contributed by atoms with Crippen molar-refractivity contribution in [2.24, 2.45) is 0 Å². The number of anilines is 1. The number of aryl methyl sites for hydroxylation is 2. The second-order valence-corrected chi connectivity index (χ2v) is 5.28. The van der Waals surface area contributed by atoms with E-state index in [1.165, 1.54) is 0 Å². The highest BCUT2D eigenvalue weighted by Gasteiger charge is 2.24. The fraction of sp³-hybridized carbons (Fsp3) is 0.533. The van der Waals surface area contributed by atoms with Gasteiger partial charge in [-0.25, -0.2) is 0 Å². The minimum atomic E-state index is -0.332. The van der Waals surface area contributed by atoms with Crippen molar-refractivity contribution < 1.29 is 4.79 Å². The highest BCUT2D eigenvalue weighted by molar-refractivity contribution is 5.85. The minimum Gasteiger partial charge on any atom is -0.373 e. The Balaban J connectivity index is 2.17. The third kappa shape index (κ3) is 2.90. The molecule has 1 amide bonds. The molecular formula is C15H20N4O.